The minimum absolute atomic E-state index is 0.258. The zero-order valence-electron chi connectivity index (χ0n) is 15.7. The fourth-order valence-electron chi connectivity index (χ4n) is 3.97. The summed E-state index contributed by atoms with van der Waals surface area (Å²) >= 11 is 0. The molecular formula is C21H32N2O3. The normalized spacial score (nSPS) is 20.9. The van der Waals surface area contributed by atoms with Crippen molar-refractivity contribution in [1.82, 2.24) is 9.80 Å². The summed E-state index contributed by atoms with van der Waals surface area (Å²) in [6.07, 6.45) is 3.89. The predicted molar refractivity (Wildman–Crippen MR) is 102 cm³/mol. The Hall–Kier alpha value is -1.43. The number of aryl methyl sites for hydroxylation is 1. The molecule has 144 valence electrons. The molecule has 0 aromatic heterocycles. The third-order valence-corrected chi connectivity index (χ3v) is 5.75. The number of piperidine rings is 1. The molecule has 0 radical (unpaired) electrons. The Morgan fingerprint density at radius 3 is 2.50 bits per heavy atom. The summed E-state index contributed by atoms with van der Waals surface area (Å²) in [6, 6.07) is 10.3. The van der Waals surface area contributed by atoms with Crippen molar-refractivity contribution in [2.24, 2.45) is 5.92 Å². The molecule has 2 aliphatic rings. The second-order valence-electron chi connectivity index (χ2n) is 7.51. The van der Waals surface area contributed by atoms with Gasteiger partial charge in [0, 0.05) is 39.1 Å². The van der Waals surface area contributed by atoms with Gasteiger partial charge < -0.3 is 14.7 Å². The number of hydrogen-bond acceptors (Lipinski definition) is 4. The Morgan fingerprint density at radius 1 is 1.12 bits per heavy atom. The van der Waals surface area contributed by atoms with Crippen LogP contribution in [0.3, 0.4) is 0 Å². The van der Waals surface area contributed by atoms with Crippen molar-refractivity contribution >= 4 is 5.91 Å². The molecule has 2 aliphatic heterocycles. The van der Waals surface area contributed by atoms with Gasteiger partial charge in [-0.25, -0.2) is 0 Å². The molecule has 0 saturated carbocycles. The Balaban J connectivity index is 1.34. The van der Waals surface area contributed by atoms with Crippen LogP contribution in [0, 0.1) is 5.92 Å². The van der Waals surface area contributed by atoms with Gasteiger partial charge >= 0.3 is 0 Å². The predicted octanol–water partition coefficient (Wildman–Crippen LogP) is 1.94. The second kappa shape index (κ2) is 10.0. The first-order valence-electron chi connectivity index (χ1n) is 10.0. The van der Waals surface area contributed by atoms with Gasteiger partial charge in [-0.15, -0.1) is 0 Å². The van der Waals surface area contributed by atoms with Crippen LogP contribution in [0.25, 0.3) is 0 Å². The van der Waals surface area contributed by atoms with Gasteiger partial charge in [0.25, 0.3) is 0 Å². The first-order chi connectivity index (χ1) is 12.7. The average molecular weight is 360 g/mol. The Kier molecular flexibility index (Phi) is 7.47. The molecule has 1 aromatic carbocycles. The van der Waals surface area contributed by atoms with Crippen molar-refractivity contribution in [1.29, 1.82) is 0 Å². The molecule has 0 bridgehead atoms. The van der Waals surface area contributed by atoms with Gasteiger partial charge in [-0.05, 0) is 37.2 Å². The topological polar surface area (TPSA) is 53.0 Å². The number of hydrogen-bond donors (Lipinski definition) is 1. The largest absolute Gasteiger partial charge is 0.393 e. The molecule has 26 heavy (non-hydrogen) atoms. The first-order valence-corrected chi connectivity index (χ1v) is 10.0. The third kappa shape index (κ3) is 5.79. The van der Waals surface area contributed by atoms with Gasteiger partial charge in [-0.1, -0.05) is 30.3 Å². The molecule has 5 nitrogen and oxygen atoms in total. The highest BCUT2D eigenvalue weighted by atomic mass is 16.5. The molecule has 2 saturated heterocycles. The molecule has 0 aliphatic carbocycles. The molecule has 1 N–H and O–H groups in total. The van der Waals surface area contributed by atoms with Crippen LogP contribution in [-0.2, 0) is 16.0 Å². The van der Waals surface area contributed by atoms with Gasteiger partial charge in [-0.3, -0.25) is 9.69 Å². The van der Waals surface area contributed by atoms with Crippen molar-refractivity contribution in [2.45, 2.75) is 38.2 Å². The number of nitrogens with zero attached hydrogens (tertiary/aromatic N) is 2. The molecule has 2 heterocycles. The summed E-state index contributed by atoms with van der Waals surface area (Å²) in [6.45, 7) is 5.83. The monoisotopic (exact) mass is 360 g/mol. The number of rotatable bonds is 7. The molecule has 0 spiro atoms. The van der Waals surface area contributed by atoms with Crippen molar-refractivity contribution < 1.29 is 14.6 Å². The maximum Gasteiger partial charge on any atom is 0.223 e. The van der Waals surface area contributed by atoms with Crippen LogP contribution in [0.15, 0.2) is 30.3 Å². The Morgan fingerprint density at radius 2 is 1.81 bits per heavy atom. The van der Waals surface area contributed by atoms with Crippen molar-refractivity contribution in [2.75, 3.05) is 45.9 Å². The zero-order valence-corrected chi connectivity index (χ0v) is 15.7. The van der Waals surface area contributed by atoms with E-state index in [0.29, 0.717) is 12.3 Å². The van der Waals surface area contributed by atoms with Gasteiger partial charge in [0.05, 0.1) is 19.3 Å². The summed E-state index contributed by atoms with van der Waals surface area (Å²) in [7, 11) is 0. The Bertz CT molecular complexity index is 537. The summed E-state index contributed by atoms with van der Waals surface area (Å²) in [4.78, 5) is 16.7. The molecule has 1 aromatic rings. The van der Waals surface area contributed by atoms with E-state index in [1.807, 2.05) is 23.1 Å². The number of carbonyl (C=O) groups is 1. The maximum absolute atomic E-state index is 12.4. The minimum atomic E-state index is -0.263. The number of benzene rings is 1. The van der Waals surface area contributed by atoms with Gasteiger partial charge in [0.1, 0.15) is 0 Å². The zero-order chi connectivity index (χ0) is 18.2. The second-order valence-corrected chi connectivity index (χ2v) is 7.51. The number of amides is 1. The van der Waals surface area contributed by atoms with Crippen LogP contribution in [0.5, 0.6) is 0 Å². The number of aliphatic hydroxyl groups is 1. The number of morpholine rings is 1. The molecular weight excluding hydrogens is 328 g/mol. The molecule has 3 rings (SSSR count). The summed E-state index contributed by atoms with van der Waals surface area (Å²) in [5.41, 5.74) is 1.28. The number of likely N-dealkylation sites (tertiary alicyclic amines) is 1. The fourth-order valence-corrected chi connectivity index (χ4v) is 3.97. The van der Waals surface area contributed by atoms with Crippen LogP contribution >= 0.6 is 0 Å². The van der Waals surface area contributed by atoms with E-state index >= 15 is 0 Å². The molecule has 2 fully saturated rings. The fraction of sp³-hybridized carbons (Fsp3) is 0.667. The molecule has 1 amide bonds. The quantitative estimate of drug-likeness (QED) is 0.807. The lowest BCUT2D eigenvalue weighted by molar-refractivity contribution is -0.133. The van der Waals surface area contributed by atoms with Gasteiger partial charge in [0.2, 0.25) is 5.91 Å². The molecule has 1 atom stereocenters. The summed E-state index contributed by atoms with van der Waals surface area (Å²) in [5, 5.41) is 10.5. The van der Waals surface area contributed by atoms with Crippen LogP contribution in [0.4, 0.5) is 0 Å². The van der Waals surface area contributed by atoms with E-state index < -0.39 is 0 Å². The van der Waals surface area contributed by atoms with Crippen LogP contribution in [0.2, 0.25) is 0 Å². The SMILES string of the molecule is O=C(CCN1CCOCC1)N1CCC([C@@H](O)CCc2ccccc2)CC1. The van der Waals surface area contributed by atoms with E-state index in [0.717, 1.165) is 71.6 Å². The Labute approximate surface area is 156 Å². The smallest absolute Gasteiger partial charge is 0.223 e. The number of carbonyl (C=O) groups excluding carboxylic acids is 1. The standard InChI is InChI=1S/C21H32N2O3/c24-20(7-6-18-4-2-1-3-5-18)19-8-12-23(13-9-19)21(25)10-11-22-14-16-26-17-15-22/h1-5,19-20,24H,6-17H2/t20-/m0/s1. The minimum Gasteiger partial charge on any atom is -0.393 e. The van der Waals surface area contributed by atoms with Gasteiger partial charge in [0.15, 0.2) is 0 Å². The summed E-state index contributed by atoms with van der Waals surface area (Å²) in [5.74, 6) is 0.579. The van der Waals surface area contributed by atoms with Crippen molar-refractivity contribution in [3.63, 3.8) is 0 Å². The van der Waals surface area contributed by atoms with Crippen molar-refractivity contribution in [3.8, 4) is 0 Å². The van der Waals surface area contributed by atoms with Crippen LogP contribution < -0.4 is 0 Å². The van der Waals surface area contributed by atoms with Crippen LogP contribution in [0.1, 0.15) is 31.2 Å². The lowest BCUT2D eigenvalue weighted by Crippen LogP contribution is -2.43. The lowest BCUT2D eigenvalue weighted by atomic mass is 9.88. The molecule has 5 heteroatoms. The van der Waals surface area contributed by atoms with Crippen LogP contribution in [-0.4, -0.2) is 72.9 Å². The van der Waals surface area contributed by atoms with E-state index in [4.69, 9.17) is 4.74 Å². The number of ether oxygens (including phenoxy) is 1. The maximum atomic E-state index is 12.4. The average Bonchev–Trinajstić information content (AvgIpc) is 2.72. The van der Waals surface area contributed by atoms with E-state index in [2.05, 4.69) is 17.0 Å². The van der Waals surface area contributed by atoms with E-state index in [1.54, 1.807) is 0 Å². The highest BCUT2D eigenvalue weighted by Crippen LogP contribution is 2.24. The summed E-state index contributed by atoms with van der Waals surface area (Å²) < 4.78 is 5.34. The van der Waals surface area contributed by atoms with Crippen molar-refractivity contribution in [3.05, 3.63) is 35.9 Å². The first kappa shape index (κ1) is 19.3. The highest BCUT2D eigenvalue weighted by Gasteiger charge is 2.27. The highest BCUT2D eigenvalue weighted by molar-refractivity contribution is 5.76. The van der Waals surface area contributed by atoms with E-state index in [9.17, 15) is 9.90 Å². The number of aliphatic hydroxyl groups excluding tert-OH is 1. The van der Waals surface area contributed by atoms with E-state index in [1.165, 1.54) is 5.56 Å². The lowest BCUT2D eigenvalue weighted by Gasteiger charge is -2.35. The third-order valence-electron chi connectivity index (χ3n) is 5.75. The van der Waals surface area contributed by atoms with Gasteiger partial charge in [-0.2, -0.15) is 0 Å². The molecule has 0 unspecified atom stereocenters. The van der Waals surface area contributed by atoms with E-state index in [-0.39, 0.29) is 12.0 Å².